The second-order valence-electron chi connectivity index (χ2n) is 4.25. The van der Waals surface area contributed by atoms with Gasteiger partial charge in [-0.3, -0.25) is 0 Å². The van der Waals surface area contributed by atoms with E-state index >= 15 is 0 Å². The van der Waals surface area contributed by atoms with Gasteiger partial charge in [0.1, 0.15) is 18.0 Å². The highest BCUT2D eigenvalue weighted by molar-refractivity contribution is 6.31. The molecule has 100 valence electrons. The molecule has 2 unspecified atom stereocenters. The molecule has 2 atom stereocenters. The number of hydrogen-bond donors (Lipinski definition) is 1. The number of aliphatic hydroxyl groups excluding tert-OH is 1. The summed E-state index contributed by atoms with van der Waals surface area (Å²) in [7, 11) is 0. The van der Waals surface area contributed by atoms with Gasteiger partial charge in [0.15, 0.2) is 0 Å². The summed E-state index contributed by atoms with van der Waals surface area (Å²) in [6.07, 6.45) is -1.23. The average molecular weight is 297 g/mol. The fraction of sp³-hybridized carbons (Fsp3) is 0.200. The predicted molar refractivity (Wildman–Crippen MR) is 78.0 cm³/mol. The van der Waals surface area contributed by atoms with E-state index in [2.05, 4.69) is 0 Å². The number of hydrogen-bond acceptors (Lipinski definition) is 2. The molecule has 0 saturated heterocycles. The van der Waals surface area contributed by atoms with E-state index in [9.17, 15) is 5.11 Å². The van der Waals surface area contributed by atoms with E-state index in [1.807, 2.05) is 12.1 Å². The third-order valence-corrected chi connectivity index (χ3v) is 3.37. The molecule has 2 aromatic rings. The molecule has 0 radical (unpaired) electrons. The minimum absolute atomic E-state index is 0.432. The van der Waals surface area contributed by atoms with Crippen LogP contribution in [0.15, 0.2) is 48.5 Å². The molecule has 0 saturated carbocycles. The van der Waals surface area contributed by atoms with Crippen molar-refractivity contribution in [3.05, 3.63) is 64.1 Å². The van der Waals surface area contributed by atoms with Crippen molar-refractivity contribution < 1.29 is 9.84 Å². The smallest absolute Gasteiger partial charge is 0.126 e. The maximum absolute atomic E-state index is 10.3. The first-order valence-electron chi connectivity index (χ1n) is 5.92. The van der Waals surface area contributed by atoms with Crippen LogP contribution in [-0.2, 0) is 0 Å². The Balaban J connectivity index is 2.12. The van der Waals surface area contributed by atoms with Gasteiger partial charge in [0.25, 0.3) is 0 Å². The van der Waals surface area contributed by atoms with Crippen molar-refractivity contribution in [2.45, 2.75) is 19.1 Å². The van der Waals surface area contributed by atoms with E-state index in [1.54, 1.807) is 43.3 Å². The van der Waals surface area contributed by atoms with Crippen molar-refractivity contribution in [2.75, 3.05) is 0 Å². The maximum Gasteiger partial charge on any atom is 0.126 e. The Morgan fingerprint density at radius 2 is 1.79 bits per heavy atom. The summed E-state index contributed by atoms with van der Waals surface area (Å²) >= 11 is 11.9. The summed E-state index contributed by atoms with van der Waals surface area (Å²) in [4.78, 5) is 0. The van der Waals surface area contributed by atoms with Crippen molar-refractivity contribution in [3.8, 4) is 5.75 Å². The summed E-state index contributed by atoms with van der Waals surface area (Å²) in [5, 5.41) is 11.4. The summed E-state index contributed by atoms with van der Waals surface area (Å²) < 4.78 is 5.67. The third kappa shape index (κ3) is 3.63. The Morgan fingerprint density at radius 1 is 1.05 bits per heavy atom. The minimum atomic E-state index is -0.798. The Kier molecular flexibility index (Phi) is 4.70. The van der Waals surface area contributed by atoms with Crippen LogP contribution in [0.2, 0.25) is 10.0 Å². The van der Waals surface area contributed by atoms with Crippen LogP contribution < -0.4 is 4.74 Å². The van der Waals surface area contributed by atoms with Gasteiger partial charge in [0.05, 0.1) is 0 Å². The molecule has 2 nitrogen and oxygen atoms in total. The standard InChI is InChI=1S/C15H14Cl2O2/c1-10(19-12-6-4-5-11(16)9-12)15(18)13-7-2-3-8-14(13)17/h2-10,15,18H,1H3. The predicted octanol–water partition coefficient (Wildman–Crippen LogP) is 4.49. The van der Waals surface area contributed by atoms with Crippen LogP contribution in [0.4, 0.5) is 0 Å². The molecular weight excluding hydrogens is 283 g/mol. The average Bonchev–Trinajstić information content (AvgIpc) is 2.38. The monoisotopic (exact) mass is 296 g/mol. The van der Waals surface area contributed by atoms with Crippen molar-refractivity contribution >= 4 is 23.2 Å². The van der Waals surface area contributed by atoms with Crippen molar-refractivity contribution in [3.63, 3.8) is 0 Å². The van der Waals surface area contributed by atoms with E-state index in [-0.39, 0.29) is 0 Å². The van der Waals surface area contributed by atoms with Gasteiger partial charge >= 0.3 is 0 Å². The van der Waals surface area contributed by atoms with Crippen LogP contribution in [0.25, 0.3) is 0 Å². The number of halogens is 2. The first-order chi connectivity index (χ1) is 9.08. The highest BCUT2D eigenvalue weighted by atomic mass is 35.5. The van der Waals surface area contributed by atoms with Crippen LogP contribution in [0.3, 0.4) is 0 Å². The van der Waals surface area contributed by atoms with Crippen molar-refractivity contribution in [2.24, 2.45) is 0 Å². The van der Waals surface area contributed by atoms with E-state index in [1.165, 1.54) is 0 Å². The summed E-state index contributed by atoms with van der Waals surface area (Å²) in [5.41, 5.74) is 0.652. The summed E-state index contributed by atoms with van der Waals surface area (Å²) in [6.45, 7) is 1.79. The zero-order valence-corrected chi connectivity index (χ0v) is 11.9. The largest absolute Gasteiger partial charge is 0.488 e. The molecule has 0 aliphatic rings. The maximum atomic E-state index is 10.3. The highest BCUT2D eigenvalue weighted by Crippen LogP contribution is 2.28. The van der Waals surface area contributed by atoms with Crippen LogP contribution in [0.1, 0.15) is 18.6 Å². The molecule has 2 rings (SSSR count). The van der Waals surface area contributed by atoms with Crippen LogP contribution in [0.5, 0.6) is 5.75 Å². The number of aliphatic hydroxyl groups is 1. The Labute approximate surface area is 122 Å². The zero-order valence-electron chi connectivity index (χ0n) is 10.4. The van der Waals surface area contributed by atoms with Crippen molar-refractivity contribution in [1.82, 2.24) is 0 Å². The number of rotatable bonds is 4. The third-order valence-electron chi connectivity index (χ3n) is 2.79. The van der Waals surface area contributed by atoms with E-state index < -0.39 is 12.2 Å². The summed E-state index contributed by atoms with van der Waals surface area (Å²) in [5.74, 6) is 0.617. The fourth-order valence-corrected chi connectivity index (χ4v) is 2.22. The number of ether oxygens (including phenoxy) is 1. The molecule has 0 heterocycles. The van der Waals surface area contributed by atoms with Gasteiger partial charge in [0.2, 0.25) is 0 Å². The van der Waals surface area contributed by atoms with E-state index in [4.69, 9.17) is 27.9 Å². The number of benzene rings is 2. The van der Waals surface area contributed by atoms with Gasteiger partial charge < -0.3 is 9.84 Å². The second-order valence-corrected chi connectivity index (χ2v) is 5.09. The van der Waals surface area contributed by atoms with Gasteiger partial charge in [0, 0.05) is 15.6 Å². The van der Waals surface area contributed by atoms with Crippen LogP contribution in [0, 0.1) is 0 Å². The first-order valence-corrected chi connectivity index (χ1v) is 6.68. The highest BCUT2D eigenvalue weighted by Gasteiger charge is 2.20. The topological polar surface area (TPSA) is 29.5 Å². The molecule has 1 N–H and O–H groups in total. The van der Waals surface area contributed by atoms with Gasteiger partial charge in [-0.1, -0.05) is 47.5 Å². The van der Waals surface area contributed by atoms with Crippen molar-refractivity contribution in [1.29, 1.82) is 0 Å². The van der Waals surface area contributed by atoms with E-state index in [0.29, 0.717) is 21.4 Å². The van der Waals surface area contributed by atoms with Gasteiger partial charge in [-0.15, -0.1) is 0 Å². The Hall–Kier alpha value is -1.22. The lowest BCUT2D eigenvalue weighted by atomic mass is 10.1. The molecule has 0 amide bonds. The van der Waals surface area contributed by atoms with Gasteiger partial charge in [-0.2, -0.15) is 0 Å². The first kappa shape index (κ1) is 14.2. The van der Waals surface area contributed by atoms with Crippen LogP contribution in [-0.4, -0.2) is 11.2 Å². The lowest BCUT2D eigenvalue weighted by Gasteiger charge is -2.21. The second kappa shape index (κ2) is 6.29. The molecule has 0 aliphatic heterocycles. The summed E-state index contributed by atoms with van der Waals surface area (Å²) in [6, 6.07) is 14.2. The molecule has 0 aromatic heterocycles. The Bertz CT molecular complexity index is 557. The molecule has 0 aliphatic carbocycles. The minimum Gasteiger partial charge on any atom is -0.488 e. The molecule has 4 heteroatoms. The molecular formula is C15H14Cl2O2. The van der Waals surface area contributed by atoms with Gasteiger partial charge in [-0.05, 0) is 31.2 Å². The van der Waals surface area contributed by atoms with Crippen LogP contribution >= 0.6 is 23.2 Å². The fourth-order valence-electron chi connectivity index (χ4n) is 1.79. The lowest BCUT2D eigenvalue weighted by molar-refractivity contribution is 0.0468. The molecule has 0 spiro atoms. The normalized spacial score (nSPS) is 13.9. The lowest BCUT2D eigenvalue weighted by Crippen LogP contribution is -2.22. The van der Waals surface area contributed by atoms with E-state index in [0.717, 1.165) is 0 Å². The molecule has 0 bridgehead atoms. The molecule has 2 aromatic carbocycles. The molecule has 0 fully saturated rings. The quantitative estimate of drug-likeness (QED) is 0.900. The SMILES string of the molecule is CC(Oc1cccc(Cl)c1)C(O)c1ccccc1Cl. The van der Waals surface area contributed by atoms with Gasteiger partial charge in [-0.25, -0.2) is 0 Å². The molecule has 19 heavy (non-hydrogen) atoms. The zero-order chi connectivity index (χ0) is 13.8. The Morgan fingerprint density at radius 3 is 2.47 bits per heavy atom.